The average Bonchev–Trinajstić information content (AvgIpc) is 2.62. The molecule has 2 heterocycles. The Morgan fingerprint density at radius 2 is 2.11 bits per heavy atom. The summed E-state index contributed by atoms with van der Waals surface area (Å²) < 4.78 is 2.18. The molecule has 4 heteroatoms. The highest BCUT2D eigenvalue weighted by molar-refractivity contribution is 5.97. The van der Waals surface area contributed by atoms with Crippen LogP contribution in [0.1, 0.15) is 16.8 Å². The van der Waals surface area contributed by atoms with Gasteiger partial charge in [0, 0.05) is 42.3 Å². The number of carbonyl (C=O) groups excluding carboxylic acids is 1. The van der Waals surface area contributed by atoms with E-state index in [-0.39, 0.29) is 0 Å². The predicted molar refractivity (Wildman–Crippen MR) is 76.4 cm³/mol. The van der Waals surface area contributed by atoms with Crippen LogP contribution in [0.25, 0.3) is 10.9 Å². The summed E-state index contributed by atoms with van der Waals surface area (Å²) in [7, 11) is 0. The lowest BCUT2D eigenvalue weighted by molar-refractivity contribution is 0.112. The molecule has 1 N–H and O–H groups in total. The zero-order valence-corrected chi connectivity index (χ0v) is 11.0. The van der Waals surface area contributed by atoms with E-state index in [0.717, 1.165) is 55.6 Å². The molecule has 2 aromatic rings. The Kier molecular flexibility index (Phi) is 3.62. The maximum Gasteiger partial charge on any atom is 0.152 e. The molecule has 1 aliphatic heterocycles. The fourth-order valence-corrected chi connectivity index (χ4v) is 2.74. The number of nitrogens with one attached hydrogen (secondary N) is 1. The number of rotatable bonds is 3. The monoisotopic (exact) mass is 257 g/mol. The van der Waals surface area contributed by atoms with Crippen LogP contribution in [0.15, 0.2) is 30.5 Å². The number of hydrogen-bond donors (Lipinski definition) is 1. The van der Waals surface area contributed by atoms with Crippen LogP contribution in [-0.2, 0) is 6.67 Å². The average molecular weight is 257 g/mol. The fourth-order valence-electron chi connectivity index (χ4n) is 2.74. The number of hydrogen-bond acceptors (Lipinski definition) is 3. The molecule has 3 rings (SSSR count). The molecule has 1 saturated heterocycles. The maximum atomic E-state index is 11.1. The van der Waals surface area contributed by atoms with Crippen molar-refractivity contribution >= 4 is 17.2 Å². The number of fused-ring (bicyclic) bond motifs is 1. The van der Waals surface area contributed by atoms with Gasteiger partial charge in [-0.3, -0.25) is 9.69 Å². The van der Waals surface area contributed by atoms with Gasteiger partial charge in [0.25, 0.3) is 0 Å². The first-order chi connectivity index (χ1) is 9.38. The summed E-state index contributed by atoms with van der Waals surface area (Å²) in [6.45, 7) is 5.16. The predicted octanol–water partition coefficient (Wildman–Crippen LogP) is 1.71. The molecule has 1 aliphatic rings. The van der Waals surface area contributed by atoms with Gasteiger partial charge < -0.3 is 9.88 Å². The van der Waals surface area contributed by atoms with Crippen LogP contribution in [0.5, 0.6) is 0 Å². The minimum atomic E-state index is 0.781. The van der Waals surface area contributed by atoms with E-state index in [1.807, 2.05) is 24.4 Å². The van der Waals surface area contributed by atoms with Crippen LogP contribution in [0, 0.1) is 0 Å². The van der Waals surface area contributed by atoms with Gasteiger partial charge in [0.15, 0.2) is 6.29 Å². The van der Waals surface area contributed by atoms with Crippen LogP contribution in [0.2, 0.25) is 0 Å². The lowest BCUT2D eigenvalue weighted by atomic mass is 10.2. The highest BCUT2D eigenvalue weighted by Crippen LogP contribution is 2.20. The van der Waals surface area contributed by atoms with Crippen molar-refractivity contribution in [2.45, 2.75) is 13.1 Å². The van der Waals surface area contributed by atoms with Crippen molar-refractivity contribution in [2.24, 2.45) is 0 Å². The van der Waals surface area contributed by atoms with Crippen molar-refractivity contribution < 1.29 is 4.79 Å². The molecule has 19 heavy (non-hydrogen) atoms. The molecule has 1 aromatic heterocycles. The lowest BCUT2D eigenvalue weighted by Crippen LogP contribution is -2.29. The van der Waals surface area contributed by atoms with Crippen molar-refractivity contribution in [1.82, 2.24) is 14.8 Å². The van der Waals surface area contributed by atoms with E-state index in [1.165, 1.54) is 6.42 Å². The Bertz CT molecular complexity index is 568. The van der Waals surface area contributed by atoms with E-state index in [9.17, 15) is 4.79 Å². The zero-order chi connectivity index (χ0) is 13.1. The van der Waals surface area contributed by atoms with E-state index in [0.29, 0.717) is 0 Å². The third kappa shape index (κ3) is 2.55. The van der Waals surface area contributed by atoms with E-state index < -0.39 is 0 Å². The Morgan fingerprint density at radius 1 is 1.21 bits per heavy atom. The third-order valence-electron chi connectivity index (χ3n) is 3.73. The van der Waals surface area contributed by atoms with Gasteiger partial charge in [-0.15, -0.1) is 0 Å². The quantitative estimate of drug-likeness (QED) is 0.851. The Balaban J connectivity index is 1.89. The Morgan fingerprint density at radius 3 is 3.00 bits per heavy atom. The van der Waals surface area contributed by atoms with Crippen LogP contribution in [0.3, 0.4) is 0 Å². The first kappa shape index (κ1) is 12.4. The Hall–Kier alpha value is -1.65. The van der Waals surface area contributed by atoms with E-state index in [2.05, 4.69) is 20.9 Å². The first-order valence-corrected chi connectivity index (χ1v) is 6.84. The maximum absolute atomic E-state index is 11.1. The Labute approximate surface area is 113 Å². The standard InChI is InChI=1S/C15H19N3O/c19-11-13-10-18(15-5-2-1-4-14(13)15)12-17-8-3-6-16-7-9-17/h1-2,4-5,10-11,16H,3,6-9,12H2. The molecule has 0 radical (unpaired) electrons. The van der Waals surface area contributed by atoms with Crippen molar-refractivity contribution in [1.29, 1.82) is 0 Å². The second kappa shape index (κ2) is 5.55. The van der Waals surface area contributed by atoms with Gasteiger partial charge in [0.1, 0.15) is 0 Å². The summed E-state index contributed by atoms with van der Waals surface area (Å²) in [5.41, 5.74) is 1.92. The molecular formula is C15H19N3O. The summed E-state index contributed by atoms with van der Waals surface area (Å²) in [5.74, 6) is 0. The summed E-state index contributed by atoms with van der Waals surface area (Å²) in [5, 5.41) is 4.46. The topological polar surface area (TPSA) is 37.3 Å². The van der Waals surface area contributed by atoms with E-state index in [1.54, 1.807) is 0 Å². The highest BCUT2D eigenvalue weighted by Gasteiger charge is 2.12. The van der Waals surface area contributed by atoms with Crippen LogP contribution in [-0.4, -0.2) is 41.9 Å². The van der Waals surface area contributed by atoms with Crippen LogP contribution >= 0.6 is 0 Å². The van der Waals surface area contributed by atoms with Crippen molar-refractivity contribution in [3.05, 3.63) is 36.0 Å². The number of benzene rings is 1. The fraction of sp³-hybridized carbons (Fsp3) is 0.400. The van der Waals surface area contributed by atoms with Crippen molar-refractivity contribution in [3.8, 4) is 0 Å². The molecule has 0 atom stereocenters. The van der Waals surface area contributed by atoms with Gasteiger partial charge in [0.05, 0.1) is 6.67 Å². The normalized spacial score (nSPS) is 17.5. The SMILES string of the molecule is O=Cc1cn(CN2CCCNCC2)c2ccccc12. The molecule has 4 nitrogen and oxygen atoms in total. The zero-order valence-electron chi connectivity index (χ0n) is 11.0. The summed E-state index contributed by atoms with van der Waals surface area (Å²) in [6, 6.07) is 8.10. The molecular weight excluding hydrogens is 238 g/mol. The molecule has 0 amide bonds. The smallest absolute Gasteiger partial charge is 0.152 e. The van der Waals surface area contributed by atoms with Crippen molar-refractivity contribution in [2.75, 3.05) is 26.2 Å². The first-order valence-electron chi connectivity index (χ1n) is 6.84. The second-order valence-electron chi connectivity index (χ2n) is 5.05. The lowest BCUT2D eigenvalue weighted by Gasteiger charge is -2.20. The van der Waals surface area contributed by atoms with E-state index in [4.69, 9.17) is 0 Å². The molecule has 0 aliphatic carbocycles. The van der Waals surface area contributed by atoms with Crippen LogP contribution in [0.4, 0.5) is 0 Å². The minimum absolute atomic E-state index is 0.781. The molecule has 0 bridgehead atoms. The van der Waals surface area contributed by atoms with Gasteiger partial charge in [-0.2, -0.15) is 0 Å². The summed E-state index contributed by atoms with van der Waals surface area (Å²) >= 11 is 0. The highest BCUT2D eigenvalue weighted by atomic mass is 16.1. The van der Waals surface area contributed by atoms with Crippen LogP contribution < -0.4 is 5.32 Å². The minimum Gasteiger partial charge on any atom is -0.333 e. The molecule has 1 aromatic carbocycles. The largest absolute Gasteiger partial charge is 0.333 e. The van der Waals surface area contributed by atoms with Gasteiger partial charge in [-0.05, 0) is 19.0 Å². The molecule has 1 fully saturated rings. The van der Waals surface area contributed by atoms with Gasteiger partial charge in [-0.1, -0.05) is 18.2 Å². The van der Waals surface area contributed by atoms with Crippen molar-refractivity contribution in [3.63, 3.8) is 0 Å². The number of nitrogens with zero attached hydrogens (tertiary/aromatic N) is 2. The van der Waals surface area contributed by atoms with Gasteiger partial charge in [-0.25, -0.2) is 0 Å². The number of aldehydes is 1. The number of carbonyl (C=O) groups is 1. The number of para-hydroxylation sites is 1. The summed E-state index contributed by atoms with van der Waals surface area (Å²) in [6.07, 6.45) is 4.10. The summed E-state index contributed by atoms with van der Waals surface area (Å²) in [4.78, 5) is 13.6. The molecule has 0 spiro atoms. The molecule has 100 valence electrons. The van der Waals surface area contributed by atoms with E-state index >= 15 is 0 Å². The second-order valence-corrected chi connectivity index (χ2v) is 5.05. The van der Waals surface area contributed by atoms with Gasteiger partial charge >= 0.3 is 0 Å². The number of aromatic nitrogens is 1. The molecule has 0 unspecified atom stereocenters. The molecule has 0 saturated carbocycles. The third-order valence-corrected chi connectivity index (χ3v) is 3.73. The van der Waals surface area contributed by atoms with Gasteiger partial charge in [0.2, 0.25) is 0 Å².